The molecule has 0 aliphatic carbocycles. The molecule has 0 fully saturated rings. The normalized spacial score (nSPS) is 17.0. The summed E-state index contributed by atoms with van der Waals surface area (Å²) in [6.45, 7) is 0.240. The van der Waals surface area contributed by atoms with Crippen LogP contribution in [0.1, 0.15) is 11.1 Å². The van der Waals surface area contributed by atoms with E-state index in [1.807, 2.05) is 30.3 Å². The standard InChI is InChI=1S/C18H16FNO2/c19-15-8-4-7-14(9-15)12-22-17-11-18(21)20-16(17)10-13-5-2-1-3-6-13/h1-9,11,16H,10,12H2,(H,20,21). The molecule has 0 bridgehead atoms. The van der Waals surface area contributed by atoms with Crippen molar-refractivity contribution < 1.29 is 13.9 Å². The van der Waals surface area contributed by atoms with E-state index < -0.39 is 0 Å². The molecule has 1 unspecified atom stereocenters. The molecule has 4 heteroatoms. The lowest BCUT2D eigenvalue weighted by Gasteiger charge is -2.16. The van der Waals surface area contributed by atoms with Gasteiger partial charge in [0.15, 0.2) is 0 Å². The van der Waals surface area contributed by atoms with Crippen molar-refractivity contribution >= 4 is 5.91 Å². The van der Waals surface area contributed by atoms with E-state index in [4.69, 9.17) is 4.74 Å². The second-order valence-electron chi connectivity index (χ2n) is 5.22. The Morgan fingerprint density at radius 3 is 2.59 bits per heavy atom. The fourth-order valence-corrected chi connectivity index (χ4v) is 2.45. The minimum absolute atomic E-state index is 0.157. The maximum atomic E-state index is 13.2. The first-order valence-corrected chi connectivity index (χ1v) is 7.14. The minimum Gasteiger partial charge on any atom is -0.491 e. The Bertz CT molecular complexity index is 697. The number of halogens is 1. The van der Waals surface area contributed by atoms with E-state index in [1.54, 1.807) is 12.1 Å². The summed E-state index contributed by atoms with van der Waals surface area (Å²) in [5, 5.41) is 2.87. The fourth-order valence-electron chi connectivity index (χ4n) is 2.45. The Kier molecular flexibility index (Phi) is 4.19. The Hall–Kier alpha value is -2.62. The fraction of sp³-hybridized carbons (Fsp3) is 0.167. The van der Waals surface area contributed by atoms with E-state index in [9.17, 15) is 9.18 Å². The van der Waals surface area contributed by atoms with E-state index in [-0.39, 0.29) is 24.4 Å². The van der Waals surface area contributed by atoms with Gasteiger partial charge in [-0.2, -0.15) is 0 Å². The first kappa shape index (κ1) is 14.3. The van der Waals surface area contributed by atoms with E-state index in [1.165, 1.54) is 18.2 Å². The first-order valence-electron chi connectivity index (χ1n) is 7.14. The van der Waals surface area contributed by atoms with Crippen molar-refractivity contribution in [1.82, 2.24) is 5.32 Å². The lowest BCUT2D eigenvalue weighted by Crippen LogP contribution is -2.31. The van der Waals surface area contributed by atoms with Gasteiger partial charge in [-0.3, -0.25) is 4.79 Å². The van der Waals surface area contributed by atoms with Gasteiger partial charge in [0.05, 0.1) is 6.04 Å². The number of ether oxygens (including phenoxy) is 1. The summed E-state index contributed by atoms with van der Waals surface area (Å²) in [7, 11) is 0. The summed E-state index contributed by atoms with van der Waals surface area (Å²) in [4.78, 5) is 11.6. The monoisotopic (exact) mass is 297 g/mol. The number of benzene rings is 2. The second-order valence-corrected chi connectivity index (χ2v) is 5.22. The van der Waals surface area contributed by atoms with E-state index in [2.05, 4.69) is 5.32 Å². The Labute approximate surface area is 128 Å². The van der Waals surface area contributed by atoms with Crippen LogP contribution in [0.3, 0.4) is 0 Å². The molecule has 1 heterocycles. The van der Waals surface area contributed by atoms with Crippen molar-refractivity contribution in [2.24, 2.45) is 0 Å². The summed E-state index contributed by atoms with van der Waals surface area (Å²) in [5.41, 5.74) is 1.86. The topological polar surface area (TPSA) is 38.3 Å². The highest BCUT2D eigenvalue weighted by Crippen LogP contribution is 2.18. The molecule has 0 spiro atoms. The molecule has 2 aromatic rings. The average molecular weight is 297 g/mol. The largest absolute Gasteiger partial charge is 0.491 e. The molecule has 1 atom stereocenters. The number of hydrogen-bond donors (Lipinski definition) is 1. The number of rotatable bonds is 5. The number of nitrogens with one attached hydrogen (secondary N) is 1. The zero-order chi connectivity index (χ0) is 15.4. The summed E-state index contributed by atoms with van der Waals surface area (Å²) >= 11 is 0. The predicted octanol–water partition coefficient (Wildman–Crippen LogP) is 2.97. The molecule has 22 heavy (non-hydrogen) atoms. The molecule has 1 aliphatic heterocycles. The van der Waals surface area contributed by atoms with Gasteiger partial charge in [0.2, 0.25) is 5.91 Å². The van der Waals surface area contributed by atoms with Crippen LogP contribution >= 0.6 is 0 Å². The zero-order valence-corrected chi connectivity index (χ0v) is 12.0. The molecule has 1 N–H and O–H groups in total. The first-order chi connectivity index (χ1) is 10.7. The molecular weight excluding hydrogens is 281 g/mol. The highest BCUT2D eigenvalue weighted by atomic mass is 19.1. The van der Waals surface area contributed by atoms with Crippen molar-refractivity contribution in [3.05, 3.63) is 83.4 Å². The molecule has 112 valence electrons. The van der Waals surface area contributed by atoms with Crippen LogP contribution in [-0.2, 0) is 22.6 Å². The molecule has 2 aromatic carbocycles. The lowest BCUT2D eigenvalue weighted by atomic mass is 10.1. The lowest BCUT2D eigenvalue weighted by molar-refractivity contribution is -0.116. The van der Waals surface area contributed by atoms with Gasteiger partial charge >= 0.3 is 0 Å². The van der Waals surface area contributed by atoms with Gasteiger partial charge < -0.3 is 10.1 Å². The number of hydrogen-bond acceptors (Lipinski definition) is 2. The summed E-state index contributed by atoms with van der Waals surface area (Å²) in [6, 6.07) is 16.0. The quantitative estimate of drug-likeness (QED) is 0.921. The molecular formula is C18H16FNO2. The van der Waals surface area contributed by atoms with Crippen LogP contribution < -0.4 is 5.32 Å². The third kappa shape index (κ3) is 3.52. The molecule has 0 radical (unpaired) electrons. The van der Waals surface area contributed by atoms with Gasteiger partial charge in [0.1, 0.15) is 18.2 Å². The third-order valence-corrected chi connectivity index (χ3v) is 3.51. The van der Waals surface area contributed by atoms with E-state index >= 15 is 0 Å². The van der Waals surface area contributed by atoms with Crippen LogP contribution in [0.4, 0.5) is 4.39 Å². The second kappa shape index (κ2) is 6.43. The smallest absolute Gasteiger partial charge is 0.248 e. The van der Waals surface area contributed by atoms with Crippen molar-refractivity contribution in [3.63, 3.8) is 0 Å². The van der Waals surface area contributed by atoms with E-state index in [0.29, 0.717) is 12.2 Å². The number of carbonyl (C=O) groups is 1. The Morgan fingerprint density at radius 1 is 1.05 bits per heavy atom. The maximum Gasteiger partial charge on any atom is 0.248 e. The minimum atomic E-state index is -0.295. The van der Waals surface area contributed by atoms with Gasteiger partial charge in [0.25, 0.3) is 0 Å². The van der Waals surface area contributed by atoms with Crippen LogP contribution in [0.5, 0.6) is 0 Å². The highest BCUT2D eigenvalue weighted by Gasteiger charge is 2.25. The predicted molar refractivity (Wildman–Crippen MR) is 81.3 cm³/mol. The van der Waals surface area contributed by atoms with Crippen LogP contribution in [0.15, 0.2) is 66.4 Å². The summed E-state index contributed by atoms with van der Waals surface area (Å²) < 4.78 is 18.9. The van der Waals surface area contributed by atoms with Crippen LogP contribution in [-0.4, -0.2) is 11.9 Å². The van der Waals surface area contributed by atoms with Crippen molar-refractivity contribution in [2.75, 3.05) is 0 Å². The van der Waals surface area contributed by atoms with Crippen molar-refractivity contribution in [3.8, 4) is 0 Å². The SMILES string of the molecule is O=C1C=C(OCc2cccc(F)c2)C(Cc2ccccc2)N1. The van der Waals surface area contributed by atoms with Gasteiger partial charge in [-0.15, -0.1) is 0 Å². The molecule has 3 nitrogen and oxygen atoms in total. The van der Waals surface area contributed by atoms with Gasteiger partial charge in [-0.25, -0.2) is 4.39 Å². The van der Waals surface area contributed by atoms with Crippen LogP contribution in [0.25, 0.3) is 0 Å². The van der Waals surface area contributed by atoms with Gasteiger partial charge in [-0.1, -0.05) is 42.5 Å². The third-order valence-electron chi connectivity index (χ3n) is 3.51. The number of amides is 1. The molecule has 0 saturated heterocycles. The van der Waals surface area contributed by atoms with Crippen molar-refractivity contribution in [2.45, 2.75) is 19.1 Å². The van der Waals surface area contributed by atoms with Crippen LogP contribution in [0.2, 0.25) is 0 Å². The van der Waals surface area contributed by atoms with E-state index in [0.717, 1.165) is 11.1 Å². The molecule has 1 amide bonds. The zero-order valence-electron chi connectivity index (χ0n) is 12.0. The molecule has 0 aromatic heterocycles. The number of carbonyl (C=O) groups excluding carboxylic acids is 1. The molecule has 0 saturated carbocycles. The van der Waals surface area contributed by atoms with Crippen LogP contribution in [0, 0.1) is 5.82 Å². The Balaban J connectivity index is 1.65. The summed E-state index contributed by atoms with van der Waals surface area (Å²) in [5.74, 6) is 0.143. The Morgan fingerprint density at radius 2 is 1.82 bits per heavy atom. The molecule has 1 aliphatic rings. The molecule has 3 rings (SSSR count). The van der Waals surface area contributed by atoms with Crippen molar-refractivity contribution in [1.29, 1.82) is 0 Å². The van der Waals surface area contributed by atoms with Gasteiger partial charge in [-0.05, 0) is 29.7 Å². The summed E-state index contributed by atoms with van der Waals surface area (Å²) in [6.07, 6.45) is 2.13. The van der Waals surface area contributed by atoms with Gasteiger partial charge in [0, 0.05) is 6.08 Å². The maximum absolute atomic E-state index is 13.2. The highest BCUT2D eigenvalue weighted by molar-refractivity contribution is 5.91. The average Bonchev–Trinajstić information content (AvgIpc) is 2.86.